The third-order valence-electron chi connectivity index (χ3n) is 3.85. The second kappa shape index (κ2) is 7.07. The van der Waals surface area contributed by atoms with Gasteiger partial charge in [-0.1, -0.05) is 26.4 Å². The molecule has 0 saturated carbocycles. The van der Waals surface area contributed by atoms with Crippen molar-refractivity contribution in [2.24, 2.45) is 17.2 Å². The van der Waals surface area contributed by atoms with Crippen LogP contribution in [0.2, 0.25) is 0 Å². The summed E-state index contributed by atoms with van der Waals surface area (Å²) in [6.07, 6.45) is 4.11. The van der Waals surface area contributed by atoms with Crippen molar-refractivity contribution < 1.29 is 9.63 Å². The molecule has 0 aromatic rings. The second-order valence-corrected chi connectivity index (χ2v) is 6.18. The average molecular weight is 257 g/mol. The monoisotopic (exact) mass is 257 g/mol. The molecule has 1 rings (SSSR count). The van der Waals surface area contributed by atoms with Crippen molar-refractivity contribution in [2.75, 3.05) is 19.6 Å². The maximum Gasteiger partial charge on any atom is 0.327 e. The summed E-state index contributed by atoms with van der Waals surface area (Å²) in [5, 5.41) is 0. The molecule has 3 N–H and O–H groups in total. The summed E-state index contributed by atoms with van der Waals surface area (Å²) >= 11 is 0. The highest BCUT2D eigenvalue weighted by Gasteiger charge is 2.27. The molecule has 1 aliphatic heterocycles. The van der Waals surface area contributed by atoms with Gasteiger partial charge in [0.2, 0.25) is 0 Å². The zero-order valence-electron chi connectivity index (χ0n) is 11.9. The zero-order chi connectivity index (χ0) is 13.6. The average Bonchev–Trinajstić information content (AvgIpc) is 2.51. The van der Waals surface area contributed by atoms with Crippen molar-refractivity contribution in [3.8, 4) is 0 Å². The number of hydrazine groups is 1. The number of carbonyl (C=O) groups is 1. The van der Waals surface area contributed by atoms with E-state index >= 15 is 0 Å². The van der Waals surface area contributed by atoms with Gasteiger partial charge in [0.25, 0.3) is 0 Å². The minimum Gasteiger partial charge on any atom is -0.356 e. The van der Waals surface area contributed by atoms with Crippen molar-refractivity contribution in [1.29, 1.82) is 0 Å². The van der Waals surface area contributed by atoms with Crippen LogP contribution in [0.15, 0.2) is 0 Å². The maximum absolute atomic E-state index is 11.2. The topological polar surface area (TPSA) is 67.6 Å². The Labute approximate surface area is 110 Å². The van der Waals surface area contributed by atoms with Crippen molar-refractivity contribution in [1.82, 2.24) is 10.5 Å². The zero-order valence-corrected chi connectivity index (χ0v) is 11.9. The lowest BCUT2D eigenvalue weighted by Crippen LogP contribution is -2.31. The van der Waals surface area contributed by atoms with Gasteiger partial charge >= 0.3 is 5.97 Å². The van der Waals surface area contributed by atoms with Gasteiger partial charge in [-0.25, -0.2) is 5.84 Å². The summed E-state index contributed by atoms with van der Waals surface area (Å²) in [4.78, 5) is 18.1. The molecular weight excluding hydrogens is 230 g/mol. The predicted octanol–water partition coefficient (Wildman–Crippen LogP) is 1.45. The van der Waals surface area contributed by atoms with Crippen LogP contribution in [0.1, 0.15) is 46.5 Å². The van der Waals surface area contributed by atoms with Gasteiger partial charge in [-0.15, -0.1) is 0 Å². The minimum absolute atomic E-state index is 0.297. The molecule has 1 heterocycles. The van der Waals surface area contributed by atoms with Crippen molar-refractivity contribution in [3.05, 3.63) is 0 Å². The summed E-state index contributed by atoms with van der Waals surface area (Å²) < 4.78 is 0. The second-order valence-electron chi connectivity index (χ2n) is 6.18. The van der Waals surface area contributed by atoms with Crippen LogP contribution < -0.4 is 11.4 Å². The van der Waals surface area contributed by atoms with Gasteiger partial charge in [0, 0.05) is 6.54 Å². The first-order valence-corrected chi connectivity index (χ1v) is 6.81. The molecule has 0 amide bonds. The number of rotatable bonds is 4. The Hall–Kier alpha value is -0.650. The minimum atomic E-state index is -0.297. The number of nitrogens with zero attached hydrogens (tertiary/aromatic N) is 1. The van der Waals surface area contributed by atoms with Gasteiger partial charge in [0.05, 0.1) is 6.42 Å². The third kappa shape index (κ3) is 5.33. The SMILES string of the molecule is CC(C)(C)C1CCCN(CCC(=O)ONN)CC1. The first-order chi connectivity index (χ1) is 8.43. The van der Waals surface area contributed by atoms with Gasteiger partial charge in [0.15, 0.2) is 0 Å². The summed E-state index contributed by atoms with van der Waals surface area (Å²) in [5.41, 5.74) is 2.31. The lowest BCUT2D eigenvalue weighted by Gasteiger charge is -2.29. The van der Waals surface area contributed by atoms with E-state index in [0.717, 1.165) is 25.6 Å². The molecule has 0 aromatic carbocycles. The standard InChI is InChI=1S/C13H27N3O2/c1-13(2,3)11-5-4-8-16(9-6-11)10-7-12(17)18-15-14/h11,15H,4-10,14H2,1-3H3. The smallest absolute Gasteiger partial charge is 0.327 e. The Morgan fingerprint density at radius 1 is 1.39 bits per heavy atom. The van der Waals surface area contributed by atoms with Gasteiger partial charge in [-0.3, -0.25) is 4.79 Å². The van der Waals surface area contributed by atoms with Gasteiger partial charge in [-0.2, -0.15) is 0 Å². The molecule has 0 bridgehead atoms. The fourth-order valence-corrected chi connectivity index (χ4v) is 2.61. The van der Waals surface area contributed by atoms with Gasteiger partial charge in [0.1, 0.15) is 0 Å². The summed E-state index contributed by atoms with van der Waals surface area (Å²) in [6.45, 7) is 9.87. The van der Waals surface area contributed by atoms with E-state index in [-0.39, 0.29) is 5.97 Å². The molecule has 5 heteroatoms. The van der Waals surface area contributed by atoms with Gasteiger partial charge in [-0.05, 0) is 43.7 Å². The molecule has 0 aromatic heterocycles. The fraction of sp³-hybridized carbons (Fsp3) is 0.923. The van der Waals surface area contributed by atoms with E-state index in [4.69, 9.17) is 5.84 Å². The van der Waals surface area contributed by atoms with Crippen molar-refractivity contribution >= 4 is 5.97 Å². The largest absolute Gasteiger partial charge is 0.356 e. The van der Waals surface area contributed by atoms with Crippen molar-refractivity contribution in [2.45, 2.75) is 46.5 Å². The predicted molar refractivity (Wildman–Crippen MR) is 71.3 cm³/mol. The Balaban J connectivity index is 2.31. The third-order valence-corrected chi connectivity index (χ3v) is 3.85. The first kappa shape index (κ1) is 15.4. The molecular formula is C13H27N3O2. The van der Waals surface area contributed by atoms with E-state index in [1.54, 1.807) is 0 Å². The molecule has 18 heavy (non-hydrogen) atoms. The molecule has 1 unspecified atom stereocenters. The van der Waals surface area contributed by atoms with Crippen LogP contribution in [0, 0.1) is 11.3 Å². The molecule has 1 saturated heterocycles. The maximum atomic E-state index is 11.2. The van der Waals surface area contributed by atoms with E-state index in [2.05, 4.69) is 30.5 Å². The highest BCUT2D eigenvalue weighted by Crippen LogP contribution is 2.34. The number of hydrogen-bond donors (Lipinski definition) is 2. The van der Waals surface area contributed by atoms with Crippen LogP contribution in [0.5, 0.6) is 0 Å². The molecule has 1 atom stereocenters. The van der Waals surface area contributed by atoms with Crippen LogP contribution in [-0.4, -0.2) is 30.5 Å². The normalized spacial score (nSPS) is 22.6. The Morgan fingerprint density at radius 3 is 2.72 bits per heavy atom. The lowest BCUT2D eigenvalue weighted by molar-refractivity contribution is -0.151. The Bertz CT molecular complexity index is 263. The quantitative estimate of drug-likeness (QED) is 0.589. The molecule has 0 radical (unpaired) electrons. The van der Waals surface area contributed by atoms with E-state index in [1.165, 1.54) is 19.3 Å². The summed E-state index contributed by atoms with van der Waals surface area (Å²) in [7, 11) is 0. The van der Waals surface area contributed by atoms with Crippen LogP contribution in [0.3, 0.4) is 0 Å². The Morgan fingerprint density at radius 2 is 2.11 bits per heavy atom. The number of nitrogens with two attached hydrogens (primary N) is 1. The molecule has 0 spiro atoms. The Kier molecular flexibility index (Phi) is 6.05. The first-order valence-electron chi connectivity index (χ1n) is 6.81. The summed E-state index contributed by atoms with van der Waals surface area (Å²) in [5.74, 6) is 5.40. The highest BCUT2D eigenvalue weighted by atomic mass is 16.7. The highest BCUT2D eigenvalue weighted by molar-refractivity contribution is 5.69. The van der Waals surface area contributed by atoms with E-state index < -0.39 is 0 Å². The molecule has 1 fully saturated rings. The van der Waals surface area contributed by atoms with Crippen LogP contribution in [0.4, 0.5) is 0 Å². The van der Waals surface area contributed by atoms with Crippen LogP contribution >= 0.6 is 0 Å². The van der Waals surface area contributed by atoms with Crippen LogP contribution in [-0.2, 0) is 9.63 Å². The number of hydrogen-bond acceptors (Lipinski definition) is 5. The molecule has 5 nitrogen and oxygen atoms in total. The van der Waals surface area contributed by atoms with Crippen LogP contribution in [0.25, 0.3) is 0 Å². The molecule has 106 valence electrons. The summed E-state index contributed by atoms with van der Waals surface area (Å²) in [6, 6.07) is 0. The number of carbonyl (C=O) groups excluding carboxylic acids is 1. The lowest BCUT2D eigenvalue weighted by atomic mass is 9.77. The van der Waals surface area contributed by atoms with Crippen molar-refractivity contribution in [3.63, 3.8) is 0 Å². The number of nitrogens with one attached hydrogen (secondary N) is 1. The van der Waals surface area contributed by atoms with E-state index in [0.29, 0.717) is 11.8 Å². The number of likely N-dealkylation sites (tertiary alicyclic amines) is 1. The molecule has 0 aliphatic carbocycles. The fourth-order valence-electron chi connectivity index (χ4n) is 2.61. The molecule has 1 aliphatic rings. The van der Waals surface area contributed by atoms with Gasteiger partial charge < -0.3 is 9.74 Å². The van der Waals surface area contributed by atoms with E-state index in [1.807, 2.05) is 5.59 Å². The van der Waals surface area contributed by atoms with E-state index in [9.17, 15) is 4.79 Å².